The molecule has 0 aliphatic rings. The zero-order valence-electron chi connectivity index (χ0n) is 7.26. The molecule has 0 fully saturated rings. The summed E-state index contributed by atoms with van der Waals surface area (Å²) in [6, 6.07) is 0.784. The van der Waals surface area contributed by atoms with E-state index in [2.05, 4.69) is 15.9 Å². The average Bonchev–Trinajstić information content (AvgIpc) is 2.09. The molecule has 0 spiro atoms. The predicted octanol–water partition coefficient (Wildman–Crippen LogP) is 2.25. The molecule has 6 heteroatoms. The summed E-state index contributed by atoms with van der Waals surface area (Å²) in [4.78, 5) is 0. The maximum atomic E-state index is 13.3. The number of aromatic hydroxyl groups is 1. The SMILES string of the molecule is CN(O)Cc1c(F)cc(O)c(Br)c1F. The van der Waals surface area contributed by atoms with Gasteiger partial charge in [0.05, 0.1) is 11.0 Å². The topological polar surface area (TPSA) is 43.7 Å². The number of halogens is 3. The van der Waals surface area contributed by atoms with E-state index in [-0.39, 0.29) is 16.6 Å². The highest BCUT2D eigenvalue weighted by Crippen LogP contribution is 2.31. The lowest BCUT2D eigenvalue weighted by Gasteiger charge is -2.11. The van der Waals surface area contributed by atoms with Crippen LogP contribution >= 0.6 is 15.9 Å². The third-order valence-corrected chi connectivity index (χ3v) is 2.38. The van der Waals surface area contributed by atoms with Gasteiger partial charge in [0.1, 0.15) is 17.4 Å². The Labute approximate surface area is 87.7 Å². The third-order valence-electron chi connectivity index (χ3n) is 1.62. The summed E-state index contributed by atoms with van der Waals surface area (Å²) in [5.74, 6) is -2.32. The van der Waals surface area contributed by atoms with Crippen molar-refractivity contribution >= 4 is 15.9 Å². The van der Waals surface area contributed by atoms with Crippen molar-refractivity contribution in [2.45, 2.75) is 6.54 Å². The van der Waals surface area contributed by atoms with Crippen LogP contribution in [0.4, 0.5) is 8.78 Å². The van der Waals surface area contributed by atoms with Crippen LogP contribution in [-0.4, -0.2) is 22.4 Å². The van der Waals surface area contributed by atoms with Crippen molar-refractivity contribution < 1.29 is 19.1 Å². The lowest BCUT2D eigenvalue weighted by molar-refractivity contribution is -0.0746. The van der Waals surface area contributed by atoms with Crippen LogP contribution in [0.25, 0.3) is 0 Å². The third kappa shape index (κ3) is 2.20. The van der Waals surface area contributed by atoms with Gasteiger partial charge in [-0.3, -0.25) is 0 Å². The minimum absolute atomic E-state index is 0.212. The molecule has 1 aromatic rings. The van der Waals surface area contributed by atoms with Gasteiger partial charge in [0, 0.05) is 18.7 Å². The first-order valence-corrected chi connectivity index (χ1v) is 4.48. The van der Waals surface area contributed by atoms with E-state index in [9.17, 15) is 8.78 Å². The van der Waals surface area contributed by atoms with E-state index in [0.717, 1.165) is 6.07 Å². The van der Waals surface area contributed by atoms with Gasteiger partial charge in [-0.1, -0.05) is 0 Å². The molecular weight excluding hydrogens is 260 g/mol. The number of rotatable bonds is 2. The highest BCUT2D eigenvalue weighted by molar-refractivity contribution is 9.10. The number of benzene rings is 1. The van der Waals surface area contributed by atoms with Crippen molar-refractivity contribution in [2.24, 2.45) is 0 Å². The number of hydroxylamine groups is 2. The van der Waals surface area contributed by atoms with Crippen molar-refractivity contribution in [2.75, 3.05) is 7.05 Å². The minimum atomic E-state index is -0.914. The summed E-state index contributed by atoms with van der Waals surface area (Å²) >= 11 is 2.76. The van der Waals surface area contributed by atoms with Crippen LogP contribution in [0.2, 0.25) is 0 Å². The lowest BCUT2D eigenvalue weighted by Crippen LogP contribution is -2.14. The van der Waals surface area contributed by atoms with Crippen molar-refractivity contribution in [3.05, 3.63) is 27.7 Å². The molecule has 0 bridgehead atoms. The van der Waals surface area contributed by atoms with Gasteiger partial charge in [0.2, 0.25) is 0 Å². The summed E-state index contributed by atoms with van der Waals surface area (Å²) in [6.07, 6.45) is 0. The Morgan fingerprint density at radius 1 is 1.50 bits per heavy atom. The summed E-state index contributed by atoms with van der Waals surface area (Å²) in [6.45, 7) is -0.295. The normalized spacial score (nSPS) is 11.0. The summed E-state index contributed by atoms with van der Waals surface area (Å²) in [5.41, 5.74) is -0.306. The quantitative estimate of drug-likeness (QED) is 0.638. The van der Waals surface area contributed by atoms with Crippen molar-refractivity contribution in [3.8, 4) is 5.75 Å². The molecule has 0 aromatic heterocycles. The first-order valence-electron chi connectivity index (χ1n) is 3.68. The Morgan fingerprint density at radius 3 is 2.57 bits per heavy atom. The highest BCUT2D eigenvalue weighted by atomic mass is 79.9. The molecule has 0 heterocycles. The molecule has 14 heavy (non-hydrogen) atoms. The molecule has 0 unspecified atom stereocenters. The zero-order valence-corrected chi connectivity index (χ0v) is 8.85. The predicted molar refractivity (Wildman–Crippen MR) is 49.0 cm³/mol. The fourth-order valence-corrected chi connectivity index (χ4v) is 1.35. The van der Waals surface area contributed by atoms with Crippen molar-refractivity contribution in [1.29, 1.82) is 0 Å². The molecule has 0 saturated carbocycles. The summed E-state index contributed by atoms with van der Waals surface area (Å²) in [7, 11) is 1.26. The van der Waals surface area contributed by atoms with Gasteiger partial charge in [-0.05, 0) is 15.9 Å². The molecule has 0 aliphatic carbocycles. The molecule has 0 saturated heterocycles. The van der Waals surface area contributed by atoms with Crippen LogP contribution in [0.15, 0.2) is 10.5 Å². The van der Waals surface area contributed by atoms with E-state index in [1.165, 1.54) is 7.05 Å². The minimum Gasteiger partial charge on any atom is -0.507 e. The molecule has 1 aromatic carbocycles. The number of nitrogens with zero attached hydrogens (tertiary/aromatic N) is 1. The first-order chi connectivity index (χ1) is 6.43. The highest BCUT2D eigenvalue weighted by Gasteiger charge is 2.17. The van der Waals surface area contributed by atoms with Gasteiger partial charge in [-0.2, -0.15) is 5.06 Å². The van der Waals surface area contributed by atoms with Gasteiger partial charge < -0.3 is 10.3 Å². The number of phenolic OH excluding ortho intramolecular Hbond substituents is 1. The fraction of sp³-hybridized carbons (Fsp3) is 0.250. The Morgan fingerprint density at radius 2 is 2.07 bits per heavy atom. The molecule has 0 aliphatic heterocycles. The van der Waals surface area contributed by atoms with Crippen molar-refractivity contribution in [3.63, 3.8) is 0 Å². The molecule has 3 nitrogen and oxygen atoms in total. The molecule has 1 rings (SSSR count). The van der Waals surface area contributed by atoms with E-state index in [1.54, 1.807) is 0 Å². The van der Waals surface area contributed by atoms with Crippen LogP contribution in [-0.2, 0) is 6.54 Å². The Bertz CT molecular complexity index is 358. The molecule has 0 atom stereocenters. The van der Waals surface area contributed by atoms with Crippen LogP contribution in [0.1, 0.15) is 5.56 Å². The van der Waals surface area contributed by atoms with Gasteiger partial charge in [-0.15, -0.1) is 0 Å². The van der Waals surface area contributed by atoms with Crippen LogP contribution < -0.4 is 0 Å². The van der Waals surface area contributed by atoms with E-state index in [4.69, 9.17) is 10.3 Å². The molecule has 0 amide bonds. The first kappa shape index (κ1) is 11.4. The zero-order chi connectivity index (χ0) is 10.9. The second-order valence-corrected chi connectivity index (χ2v) is 3.59. The van der Waals surface area contributed by atoms with E-state index in [1.807, 2.05) is 0 Å². The monoisotopic (exact) mass is 267 g/mol. The maximum Gasteiger partial charge on any atom is 0.148 e. The van der Waals surface area contributed by atoms with Gasteiger partial charge in [0.15, 0.2) is 0 Å². The Kier molecular flexibility index (Phi) is 3.41. The smallest absolute Gasteiger partial charge is 0.148 e. The molecule has 0 radical (unpaired) electrons. The second-order valence-electron chi connectivity index (χ2n) is 2.80. The van der Waals surface area contributed by atoms with Gasteiger partial charge >= 0.3 is 0 Å². The second kappa shape index (κ2) is 4.20. The van der Waals surface area contributed by atoms with E-state index < -0.39 is 17.4 Å². The molecular formula is C8H8BrF2NO2. The number of hydrogen-bond acceptors (Lipinski definition) is 3. The van der Waals surface area contributed by atoms with Gasteiger partial charge in [0.25, 0.3) is 0 Å². The largest absolute Gasteiger partial charge is 0.507 e. The van der Waals surface area contributed by atoms with E-state index >= 15 is 0 Å². The van der Waals surface area contributed by atoms with Crippen LogP contribution in [0.5, 0.6) is 5.75 Å². The number of hydrogen-bond donors (Lipinski definition) is 2. The van der Waals surface area contributed by atoms with Crippen molar-refractivity contribution in [1.82, 2.24) is 5.06 Å². The lowest BCUT2D eigenvalue weighted by atomic mass is 10.2. The fourth-order valence-electron chi connectivity index (χ4n) is 0.994. The Balaban J connectivity index is 3.22. The summed E-state index contributed by atoms with van der Waals surface area (Å²) in [5, 5.41) is 18.5. The average molecular weight is 268 g/mol. The van der Waals surface area contributed by atoms with Crippen LogP contribution in [0.3, 0.4) is 0 Å². The van der Waals surface area contributed by atoms with Crippen LogP contribution in [0, 0.1) is 11.6 Å². The molecule has 2 N–H and O–H groups in total. The van der Waals surface area contributed by atoms with E-state index in [0.29, 0.717) is 5.06 Å². The molecule has 78 valence electrons. The Hall–Kier alpha value is -0.720. The maximum absolute atomic E-state index is 13.3. The van der Waals surface area contributed by atoms with Gasteiger partial charge in [-0.25, -0.2) is 8.78 Å². The summed E-state index contributed by atoms with van der Waals surface area (Å²) < 4.78 is 26.2. The standard InChI is InChI=1S/C8H8BrF2NO2/c1-12(14)3-4-5(10)2-6(13)7(9)8(4)11/h2,13-14H,3H2,1H3. The number of phenols is 1.